The fourth-order valence-corrected chi connectivity index (χ4v) is 6.09. The van der Waals surface area contributed by atoms with Crippen LogP contribution in [0.3, 0.4) is 0 Å². The lowest BCUT2D eigenvalue weighted by Crippen LogP contribution is -2.28. The van der Waals surface area contributed by atoms with Crippen molar-refractivity contribution in [3.05, 3.63) is 75.9 Å². The van der Waals surface area contributed by atoms with Crippen LogP contribution in [-0.4, -0.2) is 41.1 Å². The zero-order valence-corrected chi connectivity index (χ0v) is 23.7. The smallest absolute Gasteiger partial charge is 0.335 e. The van der Waals surface area contributed by atoms with Crippen LogP contribution in [0, 0.1) is 5.82 Å². The highest BCUT2D eigenvalue weighted by atomic mass is 35.5. The van der Waals surface area contributed by atoms with E-state index in [1.807, 2.05) is 29.7 Å². The summed E-state index contributed by atoms with van der Waals surface area (Å²) in [7, 11) is 0. The summed E-state index contributed by atoms with van der Waals surface area (Å²) < 4.78 is 19.4. The molecule has 0 unspecified atom stereocenters. The van der Waals surface area contributed by atoms with E-state index < -0.39 is 11.8 Å². The van der Waals surface area contributed by atoms with Crippen LogP contribution in [0.15, 0.2) is 42.5 Å². The minimum atomic E-state index is -1.20. The van der Waals surface area contributed by atoms with Crippen molar-refractivity contribution in [2.45, 2.75) is 64.1 Å². The summed E-state index contributed by atoms with van der Waals surface area (Å²) in [6.45, 7) is 2.55. The summed E-state index contributed by atoms with van der Waals surface area (Å²) in [4.78, 5) is 39.1. The number of rotatable bonds is 3. The number of carbonyl (C=O) groups is 2. The fourth-order valence-electron chi connectivity index (χ4n) is 5.93. The number of aryl methyl sites for hydroxylation is 2. The molecule has 1 saturated carbocycles. The van der Waals surface area contributed by atoms with Crippen molar-refractivity contribution >= 4 is 45.5 Å². The Balaban J connectivity index is 1.36. The molecule has 1 aliphatic heterocycles. The van der Waals surface area contributed by atoms with Crippen LogP contribution in [0.25, 0.3) is 33.6 Å². The maximum absolute atomic E-state index is 15.4. The number of halogens is 2. The minimum Gasteiger partial charge on any atom is -0.478 e. The van der Waals surface area contributed by atoms with Crippen LogP contribution in [-0.2, 0) is 13.0 Å². The average molecular weight is 587 g/mol. The Hall–Kier alpha value is -4.31. The maximum atomic E-state index is 15.4. The van der Waals surface area contributed by atoms with Gasteiger partial charge in [0.15, 0.2) is 5.82 Å². The van der Waals surface area contributed by atoms with Gasteiger partial charge in [0.05, 0.1) is 39.8 Å². The average Bonchev–Trinajstić information content (AvgIpc) is 3.63. The minimum absolute atomic E-state index is 0.0950. The summed E-state index contributed by atoms with van der Waals surface area (Å²) >= 11 is 6.17. The van der Waals surface area contributed by atoms with Gasteiger partial charge in [-0.3, -0.25) is 4.79 Å². The third-order valence-corrected chi connectivity index (χ3v) is 8.37. The van der Waals surface area contributed by atoms with E-state index >= 15 is 4.39 Å². The van der Waals surface area contributed by atoms with E-state index in [0.717, 1.165) is 54.9 Å². The van der Waals surface area contributed by atoms with Crippen molar-refractivity contribution in [1.29, 1.82) is 0 Å². The van der Waals surface area contributed by atoms with Crippen LogP contribution in [0.5, 0.6) is 0 Å². The molecule has 0 spiro atoms. The highest BCUT2D eigenvalue weighted by Crippen LogP contribution is 2.43. The van der Waals surface area contributed by atoms with Gasteiger partial charge in [0, 0.05) is 18.0 Å². The van der Waals surface area contributed by atoms with Crippen LogP contribution in [0.2, 0.25) is 5.15 Å². The Morgan fingerprint density at radius 2 is 1.90 bits per heavy atom. The number of hydrogen-bond acceptors (Lipinski definition) is 5. The Labute approximate surface area is 245 Å². The second-order valence-electron chi connectivity index (χ2n) is 11.1. The molecule has 42 heavy (non-hydrogen) atoms. The molecule has 11 heteroatoms. The molecule has 1 atom stereocenters. The zero-order chi connectivity index (χ0) is 29.1. The third kappa shape index (κ3) is 4.59. The molecule has 1 aromatic carbocycles. The lowest BCUT2D eigenvalue weighted by atomic mass is 10.1. The molecule has 2 aliphatic rings. The Kier molecular flexibility index (Phi) is 6.46. The summed E-state index contributed by atoms with van der Waals surface area (Å²) in [5.74, 6) is -1.41. The van der Waals surface area contributed by atoms with Crippen molar-refractivity contribution in [3.8, 4) is 11.5 Å². The van der Waals surface area contributed by atoms with Crippen LogP contribution in [0.1, 0.15) is 83.2 Å². The second kappa shape index (κ2) is 10.2. The molecule has 1 amide bonds. The highest BCUT2D eigenvalue weighted by molar-refractivity contribution is 6.29. The molecule has 0 radical (unpaired) electrons. The van der Waals surface area contributed by atoms with Gasteiger partial charge in [-0.1, -0.05) is 18.0 Å². The number of imidazole rings is 1. The molecular formula is C31H28ClFN6O3. The van der Waals surface area contributed by atoms with Gasteiger partial charge in [-0.2, -0.15) is 0 Å². The number of aromatic carboxylic acids is 1. The van der Waals surface area contributed by atoms with Crippen LogP contribution >= 0.6 is 11.6 Å². The number of carbonyl (C=O) groups excluding carboxylic acids is 1. The molecule has 9 nitrogen and oxygen atoms in total. The molecule has 4 aromatic heterocycles. The van der Waals surface area contributed by atoms with Gasteiger partial charge in [0.2, 0.25) is 0 Å². The van der Waals surface area contributed by atoms with E-state index in [1.54, 1.807) is 12.1 Å². The number of hydrogen-bond donors (Lipinski definition) is 2. The normalized spacial score (nSPS) is 17.8. The molecule has 5 aromatic rings. The standard InChI is InChI=1S/C31H28ClFN6O3/c1-16-22-10-6-17-15-25(29-37-24-14-18(31(41)42)13-21(33)27(24)39(29)19-7-8-19)38(28(17)36-22)12-4-2-3-5-23-20(30(40)34-16)9-11-26(32)35-23/h6,9-11,13-16,19H,2-5,7-8,12H2,1H3,(H,34,40)(H,41,42)/t16-/m1/s1. The highest BCUT2D eigenvalue weighted by Gasteiger charge is 2.32. The van der Waals surface area contributed by atoms with Gasteiger partial charge < -0.3 is 19.6 Å². The predicted molar refractivity (Wildman–Crippen MR) is 156 cm³/mol. The molecule has 214 valence electrons. The topological polar surface area (TPSA) is 115 Å². The van der Waals surface area contributed by atoms with E-state index in [1.165, 1.54) is 6.07 Å². The zero-order valence-electron chi connectivity index (χ0n) is 22.9. The number of nitrogens with zero attached hydrogens (tertiary/aromatic N) is 5. The molecule has 2 N–H and O–H groups in total. The largest absolute Gasteiger partial charge is 0.478 e. The van der Waals surface area contributed by atoms with E-state index in [4.69, 9.17) is 21.6 Å². The summed E-state index contributed by atoms with van der Waals surface area (Å²) in [5, 5.41) is 13.8. The first-order valence-electron chi connectivity index (χ1n) is 14.2. The van der Waals surface area contributed by atoms with Crippen molar-refractivity contribution in [2.24, 2.45) is 0 Å². The summed E-state index contributed by atoms with van der Waals surface area (Å²) in [5.41, 5.74) is 3.98. The molecule has 7 rings (SSSR count). The first kappa shape index (κ1) is 26.6. The summed E-state index contributed by atoms with van der Waals surface area (Å²) in [6.07, 6.45) is 4.95. The molecule has 1 fully saturated rings. The van der Waals surface area contributed by atoms with Crippen LogP contribution in [0.4, 0.5) is 4.39 Å². The van der Waals surface area contributed by atoms with Gasteiger partial charge >= 0.3 is 5.97 Å². The molecule has 2 bridgehead atoms. The lowest BCUT2D eigenvalue weighted by molar-refractivity contribution is 0.0696. The molecular weight excluding hydrogens is 559 g/mol. The maximum Gasteiger partial charge on any atom is 0.335 e. The molecule has 5 heterocycles. The lowest BCUT2D eigenvalue weighted by Gasteiger charge is -2.17. The van der Waals surface area contributed by atoms with E-state index in [2.05, 4.69) is 14.9 Å². The van der Waals surface area contributed by atoms with E-state index in [9.17, 15) is 14.7 Å². The number of amides is 1. The number of carboxylic acids is 1. The van der Waals surface area contributed by atoms with Crippen molar-refractivity contribution in [3.63, 3.8) is 0 Å². The van der Waals surface area contributed by atoms with Crippen molar-refractivity contribution < 1.29 is 19.1 Å². The monoisotopic (exact) mass is 586 g/mol. The van der Waals surface area contributed by atoms with E-state index in [0.29, 0.717) is 51.9 Å². The van der Waals surface area contributed by atoms with Gasteiger partial charge in [0.25, 0.3) is 5.91 Å². The number of pyridine rings is 2. The van der Waals surface area contributed by atoms with Crippen LogP contribution < -0.4 is 5.32 Å². The molecule has 0 saturated heterocycles. The fraction of sp³-hybridized carbons (Fsp3) is 0.323. The Bertz CT molecular complexity index is 1910. The first-order chi connectivity index (χ1) is 20.3. The SMILES string of the molecule is C[C@H]1NC(=O)c2ccc(Cl)nc2CCCCCn2c(-c3nc4cc(C(=O)O)cc(F)c4n3C3CC3)cc3ccc1nc32. The number of aromatic nitrogens is 5. The number of benzene rings is 1. The summed E-state index contributed by atoms with van der Waals surface area (Å²) in [6, 6.07) is 11.5. The molecule has 1 aliphatic carbocycles. The van der Waals surface area contributed by atoms with Gasteiger partial charge in [0.1, 0.15) is 22.1 Å². The second-order valence-corrected chi connectivity index (χ2v) is 11.5. The predicted octanol–water partition coefficient (Wildman–Crippen LogP) is 6.49. The van der Waals surface area contributed by atoms with Gasteiger partial charge in [-0.15, -0.1) is 0 Å². The van der Waals surface area contributed by atoms with Crippen molar-refractivity contribution in [1.82, 2.24) is 29.4 Å². The Morgan fingerprint density at radius 1 is 1.07 bits per heavy atom. The van der Waals surface area contributed by atoms with E-state index in [-0.39, 0.29) is 23.6 Å². The van der Waals surface area contributed by atoms with Gasteiger partial charge in [-0.05, 0) is 81.5 Å². The quantitative estimate of drug-likeness (QED) is 0.233. The Morgan fingerprint density at radius 3 is 2.69 bits per heavy atom. The third-order valence-electron chi connectivity index (χ3n) is 8.16. The van der Waals surface area contributed by atoms with Gasteiger partial charge in [-0.25, -0.2) is 24.1 Å². The number of carboxylic acid groups (broad SMARTS) is 1. The number of nitrogens with one attached hydrogen (secondary N) is 1. The van der Waals surface area contributed by atoms with Crippen molar-refractivity contribution in [2.75, 3.05) is 0 Å². The number of fused-ring (bicyclic) bond motifs is 3. The first-order valence-corrected chi connectivity index (χ1v) is 14.6.